The van der Waals surface area contributed by atoms with Gasteiger partial charge in [0, 0.05) is 11.3 Å². The fraction of sp³-hybridized carbons (Fsp3) is 0.400. The van der Waals surface area contributed by atoms with Gasteiger partial charge in [-0.15, -0.1) is 0 Å². The Morgan fingerprint density at radius 3 is 2.55 bits per heavy atom. The number of urea groups is 1. The SMILES string of the molecule is COc1ccc(-c2cc(NC(=O)CN3C(=O)NC4(CCCCC4C)C3=O)ccc2OC)cc1. The quantitative estimate of drug-likeness (QED) is 0.651. The third-order valence-electron chi connectivity index (χ3n) is 6.69. The molecule has 1 spiro atoms. The van der Waals surface area contributed by atoms with E-state index in [1.807, 2.05) is 31.2 Å². The first kappa shape index (κ1) is 22.6. The van der Waals surface area contributed by atoms with Gasteiger partial charge in [0.05, 0.1) is 14.2 Å². The van der Waals surface area contributed by atoms with E-state index >= 15 is 0 Å². The van der Waals surface area contributed by atoms with Crippen molar-refractivity contribution >= 4 is 23.5 Å². The number of nitrogens with one attached hydrogen (secondary N) is 2. The van der Waals surface area contributed by atoms with Crippen molar-refractivity contribution in [3.8, 4) is 22.6 Å². The Morgan fingerprint density at radius 2 is 1.88 bits per heavy atom. The maximum atomic E-state index is 13.1. The summed E-state index contributed by atoms with van der Waals surface area (Å²) in [6, 6.07) is 12.3. The predicted octanol–water partition coefficient (Wildman–Crippen LogP) is 3.81. The Balaban J connectivity index is 1.49. The van der Waals surface area contributed by atoms with Crippen LogP contribution in [-0.2, 0) is 9.59 Å². The van der Waals surface area contributed by atoms with Crippen LogP contribution in [0.15, 0.2) is 42.5 Å². The zero-order valence-corrected chi connectivity index (χ0v) is 19.1. The molecule has 8 heteroatoms. The van der Waals surface area contributed by atoms with Crippen LogP contribution in [0.1, 0.15) is 32.6 Å². The molecule has 0 radical (unpaired) electrons. The Hall–Kier alpha value is -3.55. The van der Waals surface area contributed by atoms with Crippen LogP contribution in [0.2, 0.25) is 0 Å². The van der Waals surface area contributed by atoms with Gasteiger partial charge in [-0.1, -0.05) is 31.9 Å². The number of ether oxygens (including phenoxy) is 2. The van der Waals surface area contributed by atoms with Crippen LogP contribution in [0.25, 0.3) is 11.1 Å². The van der Waals surface area contributed by atoms with E-state index in [0.717, 1.165) is 41.0 Å². The molecule has 2 N–H and O–H groups in total. The van der Waals surface area contributed by atoms with Crippen molar-refractivity contribution in [1.29, 1.82) is 0 Å². The zero-order valence-electron chi connectivity index (χ0n) is 19.1. The summed E-state index contributed by atoms with van der Waals surface area (Å²) in [5, 5.41) is 5.68. The number of methoxy groups -OCH3 is 2. The van der Waals surface area contributed by atoms with E-state index in [2.05, 4.69) is 10.6 Å². The first-order valence-electron chi connectivity index (χ1n) is 11.1. The number of carbonyl (C=O) groups excluding carboxylic acids is 3. The lowest BCUT2D eigenvalue weighted by Gasteiger charge is -2.36. The number of imide groups is 1. The summed E-state index contributed by atoms with van der Waals surface area (Å²) in [6.07, 6.45) is 3.42. The van der Waals surface area contributed by atoms with Crippen molar-refractivity contribution in [2.75, 3.05) is 26.1 Å². The summed E-state index contributed by atoms with van der Waals surface area (Å²) < 4.78 is 10.7. The molecule has 1 aliphatic heterocycles. The molecule has 1 saturated carbocycles. The Bertz CT molecular complexity index is 1070. The van der Waals surface area contributed by atoms with E-state index in [1.54, 1.807) is 32.4 Å². The first-order chi connectivity index (χ1) is 15.9. The molecule has 33 heavy (non-hydrogen) atoms. The third-order valence-corrected chi connectivity index (χ3v) is 6.69. The highest BCUT2D eigenvalue weighted by Gasteiger charge is 2.55. The molecule has 2 fully saturated rings. The maximum absolute atomic E-state index is 13.1. The molecule has 2 unspecified atom stereocenters. The van der Waals surface area contributed by atoms with Crippen LogP contribution >= 0.6 is 0 Å². The highest BCUT2D eigenvalue weighted by molar-refractivity contribution is 6.10. The van der Waals surface area contributed by atoms with Crippen LogP contribution < -0.4 is 20.1 Å². The van der Waals surface area contributed by atoms with Crippen molar-refractivity contribution in [3.05, 3.63) is 42.5 Å². The molecule has 1 aliphatic carbocycles. The largest absolute Gasteiger partial charge is 0.497 e. The number of benzene rings is 2. The smallest absolute Gasteiger partial charge is 0.325 e. The van der Waals surface area contributed by atoms with Gasteiger partial charge in [-0.3, -0.25) is 14.5 Å². The highest BCUT2D eigenvalue weighted by atomic mass is 16.5. The molecule has 2 atom stereocenters. The highest BCUT2D eigenvalue weighted by Crippen LogP contribution is 2.38. The van der Waals surface area contributed by atoms with Gasteiger partial charge < -0.3 is 20.1 Å². The lowest BCUT2D eigenvalue weighted by molar-refractivity contribution is -0.136. The zero-order chi connectivity index (χ0) is 23.6. The fourth-order valence-corrected chi connectivity index (χ4v) is 4.77. The molecule has 2 aromatic carbocycles. The van der Waals surface area contributed by atoms with Crippen LogP contribution in [0.3, 0.4) is 0 Å². The topological polar surface area (TPSA) is 97.0 Å². The second-order valence-electron chi connectivity index (χ2n) is 8.63. The lowest BCUT2D eigenvalue weighted by Crippen LogP contribution is -2.54. The van der Waals surface area contributed by atoms with Gasteiger partial charge in [-0.05, 0) is 54.7 Å². The first-order valence-corrected chi connectivity index (χ1v) is 11.1. The van der Waals surface area contributed by atoms with Crippen LogP contribution in [0.4, 0.5) is 10.5 Å². The molecule has 8 nitrogen and oxygen atoms in total. The van der Waals surface area contributed by atoms with Crippen molar-refractivity contribution in [2.24, 2.45) is 5.92 Å². The number of hydrogen-bond acceptors (Lipinski definition) is 5. The van der Waals surface area contributed by atoms with Crippen LogP contribution in [0.5, 0.6) is 11.5 Å². The molecule has 2 aromatic rings. The summed E-state index contributed by atoms with van der Waals surface area (Å²) in [5.74, 6) is 0.694. The van der Waals surface area contributed by atoms with E-state index in [-0.39, 0.29) is 18.4 Å². The van der Waals surface area contributed by atoms with E-state index in [9.17, 15) is 14.4 Å². The second kappa shape index (κ2) is 9.13. The van der Waals surface area contributed by atoms with Crippen molar-refractivity contribution in [1.82, 2.24) is 10.2 Å². The second-order valence-corrected chi connectivity index (χ2v) is 8.63. The summed E-state index contributed by atoms with van der Waals surface area (Å²) in [4.78, 5) is 39.5. The van der Waals surface area contributed by atoms with Gasteiger partial charge >= 0.3 is 6.03 Å². The van der Waals surface area contributed by atoms with Gasteiger partial charge in [0.1, 0.15) is 23.6 Å². The number of rotatable bonds is 6. The summed E-state index contributed by atoms with van der Waals surface area (Å²) >= 11 is 0. The number of amides is 4. The molecular weight excluding hydrogens is 422 g/mol. The predicted molar refractivity (Wildman–Crippen MR) is 124 cm³/mol. The maximum Gasteiger partial charge on any atom is 0.325 e. The Labute approximate surface area is 193 Å². The summed E-state index contributed by atoms with van der Waals surface area (Å²) in [5.41, 5.74) is 1.35. The van der Waals surface area contributed by atoms with Gasteiger partial charge in [0.15, 0.2) is 0 Å². The van der Waals surface area contributed by atoms with Gasteiger partial charge in [-0.2, -0.15) is 0 Å². The summed E-state index contributed by atoms with van der Waals surface area (Å²) in [6.45, 7) is 1.65. The molecule has 4 amide bonds. The van der Waals surface area contributed by atoms with Gasteiger partial charge in [0.25, 0.3) is 5.91 Å². The van der Waals surface area contributed by atoms with Crippen molar-refractivity contribution < 1.29 is 23.9 Å². The lowest BCUT2D eigenvalue weighted by atomic mass is 9.73. The Morgan fingerprint density at radius 1 is 1.12 bits per heavy atom. The Kier molecular flexibility index (Phi) is 6.26. The number of nitrogens with zero attached hydrogens (tertiary/aromatic N) is 1. The van der Waals surface area contributed by atoms with Crippen LogP contribution in [-0.4, -0.2) is 49.0 Å². The minimum atomic E-state index is -0.878. The normalized spacial score (nSPS) is 22.3. The fourth-order valence-electron chi connectivity index (χ4n) is 4.77. The molecular formula is C25H29N3O5. The van der Waals surface area contributed by atoms with Gasteiger partial charge in [-0.25, -0.2) is 4.79 Å². The molecule has 174 valence electrons. The number of carbonyl (C=O) groups is 3. The van der Waals surface area contributed by atoms with E-state index in [1.165, 1.54) is 0 Å². The minimum absolute atomic E-state index is 0.0457. The molecule has 1 saturated heterocycles. The molecule has 4 rings (SSSR count). The van der Waals surface area contributed by atoms with Gasteiger partial charge in [0.2, 0.25) is 5.91 Å². The van der Waals surface area contributed by atoms with Crippen molar-refractivity contribution in [3.63, 3.8) is 0 Å². The molecule has 1 heterocycles. The molecule has 0 aromatic heterocycles. The monoisotopic (exact) mass is 451 g/mol. The third kappa shape index (κ3) is 4.25. The molecule has 2 aliphatic rings. The van der Waals surface area contributed by atoms with Crippen molar-refractivity contribution in [2.45, 2.75) is 38.1 Å². The summed E-state index contributed by atoms with van der Waals surface area (Å²) in [7, 11) is 3.19. The number of hydrogen-bond donors (Lipinski definition) is 2. The van der Waals surface area contributed by atoms with E-state index in [0.29, 0.717) is 17.9 Å². The molecule has 0 bridgehead atoms. The van der Waals surface area contributed by atoms with E-state index in [4.69, 9.17) is 9.47 Å². The average Bonchev–Trinajstić information content (AvgIpc) is 3.05. The number of anilines is 1. The van der Waals surface area contributed by atoms with E-state index < -0.39 is 17.5 Å². The standard InChI is InChI=1S/C25H29N3O5/c1-16-6-4-5-13-25(16)23(30)28(24(31)27-25)15-22(29)26-18-9-12-21(33-3)20(14-18)17-7-10-19(32-2)11-8-17/h7-12,14,16H,4-6,13,15H2,1-3H3,(H,26,29)(H,27,31). The average molecular weight is 452 g/mol. The van der Waals surface area contributed by atoms with Crippen LogP contribution in [0, 0.1) is 5.92 Å². The minimum Gasteiger partial charge on any atom is -0.497 e.